The largest absolute Gasteiger partial charge is 0.457 e. The smallest absolute Gasteiger partial charge is 0.270 e. The number of morpholine rings is 1. The van der Waals surface area contributed by atoms with E-state index in [0.29, 0.717) is 31.2 Å². The molecular weight excluding hydrogens is 313 g/mol. The number of hydrogen-bond donors (Lipinski definition) is 2. The monoisotopic (exact) mass is 331 g/mol. The van der Waals surface area contributed by atoms with Gasteiger partial charge in [0.2, 0.25) is 0 Å². The fraction of sp³-hybridized carbons (Fsp3) is 0.294. The Kier molecular flexibility index (Phi) is 5.35. The third kappa shape index (κ3) is 4.50. The van der Waals surface area contributed by atoms with E-state index in [4.69, 9.17) is 9.47 Å². The van der Waals surface area contributed by atoms with Gasteiger partial charge in [0.25, 0.3) is 5.91 Å². The van der Waals surface area contributed by atoms with Crippen molar-refractivity contribution in [2.75, 3.05) is 26.2 Å². The SMILES string of the molecule is O=C(NCC1CNCCO1)c1cc(Oc2ccc(F)cc2)ccn1. The molecule has 2 heterocycles. The Hall–Kier alpha value is -2.51. The summed E-state index contributed by atoms with van der Waals surface area (Å²) in [5.74, 6) is 0.304. The van der Waals surface area contributed by atoms with Crippen LogP contribution in [0.4, 0.5) is 4.39 Å². The van der Waals surface area contributed by atoms with Crippen LogP contribution < -0.4 is 15.4 Å². The van der Waals surface area contributed by atoms with Crippen LogP contribution in [0.1, 0.15) is 10.5 Å². The standard InChI is InChI=1S/C17H18FN3O3/c18-12-1-3-13(4-2-12)24-14-5-6-20-16(9-14)17(22)21-11-15-10-19-7-8-23-15/h1-6,9,15,19H,7-8,10-11H2,(H,21,22). The predicted molar refractivity (Wildman–Crippen MR) is 85.7 cm³/mol. The summed E-state index contributed by atoms with van der Waals surface area (Å²) < 4.78 is 24.0. The minimum Gasteiger partial charge on any atom is -0.457 e. The van der Waals surface area contributed by atoms with Crippen molar-refractivity contribution in [3.05, 3.63) is 54.1 Å². The number of nitrogens with one attached hydrogen (secondary N) is 2. The molecule has 2 aromatic rings. The maximum Gasteiger partial charge on any atom is 0.270 e. The van der Waals surface area contributed by atoms with Gasteiger partial charge in [0.05, 0.1) is 12.7 Å². The topological polar surface area (TPSA) is 72.5 Å². The molecule has 0 radical (unpaired) electrons. The maximum atomic E-state index is 12.9. The molecule has 1 saturated heterocycles. The van der Waals surface area contributed by atoms with Crippen molar-refractivity contribution in [1.82, 2.24) is 15.6 Å². The predicted octanol–water partition coefficient (Wildman–Crippen LogP) is 1.73. The van der Waals surface area contributed by atoms with Gasteiger partial charge >= 0.3 is 0 Å². The van der Waals surface area contributed by atoms with Crippen LogP contribution in [0.15, 0.2) is 42.6 Å². The Balaban J connectivity index is 1.59. The van der Waals surface area contributed by atoms with Gasteiger partial charge in [-0.15, -0.1) is 0 Å². The Morgan fingerprint density at radius 2 is 2.17 bits per heavy atom. The molecule has 0 bridgehead atoms. The lowest BCUT2D eigenvalue weighted by Crippen LogP contribution is -2.45. The van der Waals surface area contributed by atoms with Gasteiger partial charge in [-0.05, 0) is 30.3 Å². The fourth-order valence-corrected chi connectivity index (χ4v) is 2.29. The lowest BCUT2D eigenvalue weighted by atomic mass is 10.2. The van der Waals surface area contributed by atoms with E-state index in [0.717, 1.165) is 6.54 Å². The maximum absolute atomic E-state index is 12.9. The van der Waals surface area contributed by atoms with Crippen LogP contribution in [0.3, 0.4) is 0 Å². The van der Waals surface area contributed by atoms with Crippen LogP contribution in [-0.2, 0) is 4.74 Å². The third-order valence-electron chi connectivity index (χ3n) is 3.51. The number of ether oxygens (including phenoxy) is 2. The number of benzene rings is 1. The van der Waals surface area contributed by atoms with Crippen molar-refractivity contribution >= 4 is 5.91 Å². The number of nitrogens with zero attached hydrogens (tertiary/aromatic N) is 1. The molecular formula is C17H18FN3O3. The Bertz CT molecular complexity index is 688. The van der Waals surface area contributed by atoms with Crippen molar-refractivity contribution in [1.29, 1.82) is 0 Å². The average Bonchev–Trinajstić information content (AvgIpc) is 2.63. The highest BCUT2D eigenvalue weighted by Gasteiger charge is 2.15. The molecule has 1 unspecified atom stereocenters. The van der Waals surface area contributed by atoms with Crippen LogP contribution in [0, 0.1) is 5.82 Å². The molecule has 1 amide bonds. The van der Waals surface area contributed by atoms with E-state index in [1.165, 1.54) is 30.5 Å². The lowest BCUT2D eigenvalue weighted by Gasteiger charge is -2.23. The van der Waals surface area contributed by atoms with Gasteiger partial charge in [-0.2, -0.15) is 0 Å². The van der Waals surface area contributed by atoms with Gasteiger partial charge in [-0.3, -0.25) is 9.78 Å². The first-order chi connectivity index (χ1) is 11.7. The number of halogens is 1. The molecule has 1 fully saturated rings. The third-order valence-corrected chi connectivity index (χ3v) is 3.51. The highest BCUT2D eigenvalue weighted by molar-refractivity contribution is 5.92. The van der Waals surface area contributed by atoms with E-state index in [-0.39, 0.29) is 23.5 Å². The first-order valence-electron chi connectivity index (χ1n) is 7.71. The molecule has 24 heavy (non-hydrogen) atoms. The second-order valence-electron chi connectivity index (χ2n) is 5.34. The Morgan fingerprint density at radius 1 is 1.33 bits per heavy atom. The summed E-state index contributed by atoms with van der Waals surface area (Å²) in [4.78, 5) is 16.2. The van der Waals surface area contributed by atoms with Crippen molar-refractivity contribution in [2.45, 2.75) is 6.10 Å². The number of pyridine rings is 1. The second kappa shape index (κ2) is 7.85. The summed E-state index contributed by atoms with van der Waals surface area (Å²) in [6.07, 6.45) is 1.45. The molecule has 1 aromatic carbocycles. The molecule has 1 aromatic heterocycles. The minimum atomic E-state index is -0.337. The molecule has 6 nitrogen and oxygen atoms in total. The molecule has 3 rings (SSSR count). The summed E-state index contributed by atoms with van der Waals surface area (Å²) >= 11 is 0. The number of carbonyl (C=O) groups excluding carboxylic acids is 1. The second-order valence-corrected chi connectivity index (χ2v) is 5.34. The highest BCUT2D eigenvalue weighted by Crippen LogP contribution is 2.21. The summed E-state index contributed by atoms with van der Waals surface area (Å²) in [6, 6.07) is 8.82. The molecule has 0 aliphatic carbocycles. The number of amides is 1. The zero-order chi connectivity index (χ0) is 16.8. The molecule has 1 aliphatic heterocycles. The number of aromatic nitrogens is 1. The molecule has 126 valence electrons. The van der Waals surface area contributed by atoms with Crippen molar-refractivity contribution < 1.29 is 18.7 Å². The normalized spacial score (nSPS) is 17.3. The summed E-state index contributed by atoms with van der Waals surface area (Å²) in [5, 5.41) is 6.00. The molecule has 1 aliphatic rings. The zero-order valence-electron chi connectivity index (χ0n) is 13.0. The van der Waals surface area contributed by atoms with E-state index >= 15 is 0 Å². The summed E-state index contributed by atoms with van der Waals surface area (Å²) in [7, 11) is 0. The van der Waals surface area contributed by atoms with Gasteiger partial charge in [0.1, 0.15) is 23.0 Å². The van der Waals surface area contributed by atoms with E-state index < -0.39 is 0 Å². The van der Waals surface area contributed by atoms with Crippen molar-refractivity contribution in [2.24, 2.45) is 0 Å². The van der Waals surface area contributed by atoms with Gasteiger partial charge < -0.3 is 20.1 Å². The summed E-state index contributed by atoms with van der Waals surface area (Å²) in [5.41, 5.74) is 0.249. The Morgan fingerprint density at radius 3 is 2.92 bits per heavy atom. The van der Waals surface area contributed by atoms with Crippen LogP contribution in [0.2, 0.25) is 0 Å². The Labute approximate surface area is 139 Å². The van der Waals surface area contributed by atoms with E-state index in [1.54, 1.807) is 12.1 Å². The first-order valence-corrected chi connectivity index (χ1v) is 7.71. The molecule has 0 spiro atoms. The van der Waals surface area contributed by atoms with Gasteiger partial charge in [0, 0.05) is 31.9 Å². The minimum absolute atomic E-state index is 0.0404. The number of hydrogen-bond acceptors (Lipinski definition) is 5. The van der Waals surface area contributed by atoms with E-state index in [9.17, 15) is 9.18 Å². The van der Waals surface area contributed by atoms with Gasteiger partial charge in [-0.25, -0.2) is 4.39 Å². The lowest BCUT2D eigenvalue weighted by molar-refractivity contribution is 0.0286. The van der Waals surface area contributed by atoms with Crippen LogP contribution >= 0.6 is 0 Å². The average molecular weight is 331 g/mol. The van der Waals surface area contributed by atoms with E-state index in [2.05, 4.69) is 15.6 Å². The highest BCUT2D eigenvalue weighted by atomic mass is 19.1. The van der Waals surface area contributed by atoms with Crippen LogP contribution in [-0.4, -0.2) is 43.2 Å². The quantitative estimate of drug-likeness (QED) is 0.873. The molecule has 1 atom stereocenters. The van der Waals surface area contributed by atoms with Gasteiger partial charge in [-0.1, -0.05) is 0 Å². The zero-order valence-corrected chi connectivity index (χ0v) is 13.0. The fourth-order valence-electron chi connectivity index (χ4n) is 2.29. The van der Waals surface area contributed by atoms with Crippen LogP contribution in [0.25, 0.3) is 0 Å². The van der Waals surface area contributed by atoms with Crippen LogP contribution in [0.5, 0.6) is 11.5 Å². The molecule has 7 heteroatoms. The summed E-state index contributed by atoms with van der Waals surface area (Å²) in [6.45, 7) is 2.59. The number of rotatable bonds is 5. The van der Waals surface area contributed by atoms with Crippen molar-refractivity contribution in [3.63, 3.8) is 0 Å². The molecule has 0 saturated carbocycles. The van der Waals surface area contributed by atoms with E-state index in [1.807, 2.05) is 0 Å². The number of carbonyl (C=O) groups is 1. The molecule has 2 N–H and O–H groups in total. The van der Waals surface area contributed by atoms with Gasteiger partial charge in [0.15, 0.2) is 0 Å². The van der Waals surface area contributed by atoms with Crippen molar-refractivity contribution in [3.8, 4) is 11.5 Å². The first kappa shape index (κ1) is 16.4.